The highest BCUT2D eigenvalue weighted by molar-refractivity contribution is 6.08. The molecule has 0 bridgehead atoms. The number of carbonyl (C=O) groups excluding carboxylic acids is 2. The molecule has 118 valence electrons. The van der Waals surface area contributed by atoms with Gasteiger partial charge in [-0.05, 0) is 42.0 Å². The second kappa shape index (κ2) is 5.35. The zero-order valence-corrected chi connectivity index (χ0v) is 12.7. The number of ether oxygens (including phenoxy) is 1. The van der Waals surface area contributed by atoms with Crippen LogP contribution in [-0.4, -0.2) is 29.4 Å². The van der Waals surface area contributed by atoms with Gasteiger partial charge in [0.05, 0.1) is 11.6 Å². The van der Waals surface area contributed by atoms with Crippen molar-refractivity contribution in [2.24, 2.45) is 5.73 Å². The Labute approximate surface area is 134 Å². The molecule has 2 aromatic carbocycles. The third kappa shape index (κ3) is 2.28. The molecular weight excluding hydrogens is 292 g/mol. The molecule has 4 rings (SSSR count). The summed E-state index contributed by atoms with van der Waals surface area (Å²) in [6, 6.07) is 9.61. The summed E-state index contributed by atoms with van der Waals surface area (Å²) in [4.78, 5) is 25.7. The van der Waals surface area contributed by atoms with Gasteiger partial charge in [0.15, 0.2) is 0 Å². The van der Waals surface area contributed by atoms with Crippen molar-refractivity contribution in [3.05, 3.63) is 47.0 Å². The van der Waals surface area contributed by atoms with Crippen molar-refractivity contribution in [3.63, 3.8) is 0 Å². The minimum Gasteiger partial charge on any atom is -0.457 e. The Bertz CT molecular complexity index is 815. The number of hydrogen-bond acceptors (Lipinski definition) is 4. The summed E-state index contributed by atoms with van der Waals surface area (Å²) in [6.45, 7) is 1.86. The summed E-state index contributed by atoms with van der Waals surface area (Å²) < 4.78 is 5.21. The lowest BCUT2D eigenvalue weighted by atomic mass is 9.94. The molecule has 2 aromatic rings. The molecule has 0 aliphatic carbocycles. The van der Waals surface area contributed by atoms with Crippen molar-refractivity contribution in [1.29, 1.82) is 0 Å². The van der Waals surface area contributed by atoms with Crippen LogP contribution in [0.3, 0.4) is 0 Å². The van der Waals surface area contributed by atoms with E-state index in [2.05, 4.69) is 11.0 Å². The number of primary amides is 1. The largest absolute Gasteiger partial charge is 0.457 e. The van der Waals surface area contributed by atoms with E-state index < -0.39 is 0 Å². The van der Waals surface area contributed by atoms with Gasteiger partial charge < -0.3 is 10.5 Å². The third-order valence-electron chi connectivity index (χ3n) is 4.86. The van der Waals surface area contributed by atoms with Crippen LogP contribution in [0, 0.1) is 0 Å². The molecule has 2 aliphatic rings. The zero-order chi connectivity index (χ0) is 16.0. The molecule has 1 fully saturated rings. The number of nitrogens with zero attached hydrogens (tertiary/aromatic N) is 1. The third-order valence-corrected chi connectivity index (χ3v) is 4.86. The fourth-order valence-electron chi connectivity index (χ4n) is 3.75. The average Bonchev–Trinajstić information content (AvgIpc) is 3.01. The number of benzene rings is 2. The Balaban J connectivity index is 1.78. The van der Waals surface area contributed by atoms with Gasteiger partial charge in [0.25, 0.3) is 0 Å². The van der Waals surface area contributed by atoms with Crippen molar-refractivity contribution in [2.45, 2.75) is 32.0 Å². The highest BCUT2D eigenvalue weighted by Gasteiger charge is 2.29. The molecule has 2 aliphatic heterocycles. The van der Waals surface area contributed by atoms with Gasteiger partial charge in [0.1, 0.15) is 6.61 Å². The summed E-state index contributed by atoms with van der Waals surface area (Å²) >= 11 is 0. The van der Waals surface area contributed by atoms with Crippen LogP contribution in [0.1, 0.15) is 34.3 Å². The number of cyclic esters (lactones) is 1. The van der Waals surface area contributed by atoms with Crippen LogP contribution >= 0.6 is 0 Å². The van der Waals surface area contributed by atoms with Gasteiger partial charge in [-0.3, -0.25) is 9.69 Å². The van der Waals surface area contributed by atoms with Crippen LogP contribution in [0.5, 0.6) is 0 Å². The van der Waals surface area contributed by atoms with Crippen LogP contribution in [0.4, 0.5) is 0 Å². The van der Waals surface area contributed by atoms with Gasteiger partial charge in [0, 0.05) is 11.9 Å². The van der Waals surface area contributed by atoms with E-state index in [1.807, 2.05) is 18.2 Å². The molecule has 0 radical (unpaired) electrons. The normalized spacial score (nSPS) is 20.7. The Morgan fingerprint density at radius 3 is 3.00 bits per heavy atom. The Kier molecular flexibility index (Phi) is 3.31. The molecule has 1 saturated heterocycles. The van der Waals surface area contributed by atoms with E-state index >= 15 is 0 Å². The summed E-state index contributed by atoms with van der Waals surface area (Å²) in [5.74, 6) is -0.523. The lowest BCUT2D eigenvalue weighted by molar-refractivity contribution is -0.122. The van der Waals surface area contributed by atoms with Crippen LogP contribution in [0.15, 0.2) is 30.3 Å². The molecule has 1 amide bonds. The molecule has 0 aromatic heterocycles. The van der Waals surface area contributed by atoms with E-state index in [0.29, 0.717) is 18.7 Å². The number of rotatable bonds is 3. The zero-order valence-electron chi connectivity index (χ0n) is 12.7. The standard InChI is InChI=1S/C18H18N2O3/c19-17(21)15-5-2-8-20(15)9-11-6-7-12-10-23-18(22)14-4-1-3-13(11)16(12)14/h1,3-4,6-7,15H,2,5,8-10H2,(H2,19,21)/t15-/m1/s1. The number of likely N-dealkylation sites (tertiary alicyclic amines) is 1. The molecular formula is C18H18N2O3. The molecule has 23 heavy (non-hydrogen) atoms. The predicted octanol–water partition coefficient (Wildman–Crippen LogP) is 1.96. The quantitative estimate of drug-likeness (QED) is 0.880. The van der Waals surface area contributed by atoms with Gasteiger partial charge >= 0.3 is 5.97 Å². The first-order valence-corrected chi connectivity index (χ1v) is 7.89. The molecule has 0 saturated carbocycles. The van der Waals surface area contributed by atoms with E-state index in [0.717, 1.165) is 41.3 Å². The molecule has 2 N–H and O–H groups in total. The fraction of sp³-hybridized carbons (Fsp3) is 0.333. The Hall–Kier alpha value is -2.40. The monoisotopic (exact) mass is 310 g/mol. The maximum Gasteiger partial charge on any atom is 0.339 e. The van der Waals surface area contributed by atoms with E-state index in [4.69, 9.17) is 10.5 Å². The number of hydrogen-bond donors (Lipinski definition) is 1. The number of esters is 1. The molecule has 0 unspecified atom stereocenters. The molecule has 2 heterocycles. The maximum absolute atomic E-state index is 12.0. The van der Waals surface area contributed by atoms with Crippen LogP contribution in [-0.2, 0) is 22.7 Å². The molecule has 1 atom stereocenters. The van der Waals surface area contributed by atoms with E-state index in [-0.39, 0.29) is 17.9 Å². The molecule has 0 spiro atoms. The number of carbonyl (C=O) groups is 2. The van der Waals surface area contributed by atoms with Crippen molar-refractivity contribution >= 4 is 22.6 Å². The smallest absolute Gasteiger partial charge is 0.339 e. The summed E-state index contributed by atoms with van der Waals surface area (Å²) in [6.07, 6.45) is 1.81. The highest BCUT2D eigenvalue weighted by atomic mass is 16.5. The summed E-state index contributed by atoms with van der Waals surface area (Å²) in [5.41, 5.74) is 8.29. The van der Waals surface area contributed by atoms with Gasteiger partial charge in [0.2, 0.25) is 5.91 Å². The van der Waals surface area contributed by atoms with Crippen LogP contribution in [0.25, 0.3) is 10.8 Å². The lowest BCUT2D eigenvalue weighted by Gasteiger charge is -2.24. The van der Waals surface area contributed by atoms with Crippen molar-refractivity contribution in [2.75, 3.05) is 6.54 Å². The van der Waals surface area contributed by atoms with E-state index in [1.165, 1.54) is 0 Å². The number of amides is 1. The fourth-order valence-corrected chi connectivity index (χ4v) is 3.75. The first-order chi connectivity index (χ1) is 11.1. The van der Waals surface area contributed by atoms with E-state index in [1.54, 1.807) is 6.07 Å². The van der Waals surface area contributed by atoms with Gasteiger partial charge in [-0.25, -0.2) is 4.79 Å². The maximum atomic E-state index is 12.0. The highest BCUT2D eigenvalue weighted by Crippen LogP contribution is 2.32. The summed E-state index contributed by atoms with van der Waals surface area (Å²) in [5, 5.41) is 2.04. The second-order valence-electron chi connectivity index (χ2n) is 6.22. The SMILES string of the molecule is NC(=O)[C@H]1CCCN1Cc1ccc2c3c(cccc13)C(=O)OC2. The summed E-state index contributed by atoms with van der Waals surface area (Å²) in [7, 11) is 0. The van der Waals surface area contributed by atoms with Gasteiger partial charge in [-0.1, -0.05) is 24.3 Å². The minimum absolute atomic E-state index is 0.189. The van der Waals surface area contributed by atoms with Crippen LogP contribution in [0.2, 0.25) is 0 Å². The van der Waals surface area contributed by atoms with Crippen molar-refractivity contribution < 1.29 is 14.3 Å². The van der Waals surface area contributed by atoms with Crippen LogP contribution < -0.4 is 5.73 Å². The molecule has 5 nitrogen and oxygen atoms in total. The minimum atomic E-state index is -0.267. The van der Waals surface area contributed by atoms with Crippen molar-refractivity contribution in [1.82, 2.24) is 4.90 Å². The lowest BCUT2D eigenvalue weighted by Crippen LogP contribution is -2.39. The van der Waals surface area contributed by atoms with Crippen molar-refractivity contribution in [3.8, 4) is 0 Å². The molecule has 5 heteroatoms. The number of nitrogens with two attached hydrogens (primary N) is 1. The predicted molar refractivity (Wildman–Crippen MR) is 85.7 cm³/mol. The average molecular weight is 310 g/mol. The topological polar surface area (TPSA) is 72.6 Å². The van der Waals surface area contributed by atoms with E-state index in [9.17, 15) is 9.59 Å². The van der Waals surface area contributed by atoms with Gasteiger partial charge in [-0.2, -0.15) is 0 Å². The first kappa shape index (κ1) is 14.2. The van der Waals surface area contributed by atoms with Gasteiger partial charge in [-0.15, -0.1) is 0 Å². The Morgan fingerprint density at radius 1 is 1.30 bits per heavy atom. The second-order valence-corrected chi connectivity index (χ2v) is 6.22. The first-order valence-electron chi connectivity index (χ1n) is 7.89. The Morgan fingerprint density at radius 2 is 2.17 bits per heavy atom.